The van der Waals surface area contributed by atoms with E-state index in [1.807, 2.05) is 0 Å². The van der Waals surface area contributed by atoms with Crippen molar-refractivity contribution < 1.29 is 23.6 Å². The number of hydrazone groups is 1. The van der Waals surface area contributed by atoms with Gasteiger partial charge in [-0.3, -0.25) is 20.5 Å². The van der Waals surface area contributed by atoms with Gasteiger partial charge in [-0.2, -0.15) is 9.41 Å². The van der Waals surface area contributed by atoms with Crippen LogP contribution >= 0.6 is 0 Å². The van der Waals surface area contributed by atoms with Crippen molar-refractivity contribution in [2.45, 2.75) is 32.3 Å². The van der Waals surface area contributed by atoms with Gasteiger partial charge in [0.1, 0.15) is 10.6 Å². The first kappa shape index (κ1) is 23.2. The van der Waals surface area contributed by atoms with E-state index >= 15 is 0 Å². The molecule has 0 saturated heterocycles. The number of pyridine rings is 1. The Balaban J connectivity index is 2.50. The number of aromatic nitrogens is 1. The molecule has 2 rings (SSSR count). The summed E-state index contributed by atoms with van der Waals surface area (Å²) in [6, 6.07) is 3.38. The van der Waals surface area contributed by atoms with Crippen molar-refractivity contribution in [1.82, 2.24) is 9.29 Å². The number of rotatable bonds is 9. The minimum Gasteiger partial charge on any atom is -0.505 e. The zero-order valence-electron chi connectivity index (χ0n) is 16.7. The van der Waals surface area contributed by atoms with Crippen molar-refractivity contribution in [3.63, 3.8) is 0 Å². The van der Waals surface area contributed by atoms with Crippen LogP contribution in [0.4, 0.5) is 11.4 Å². The van der Waals surface area contributed by atoms with Crippen molar-refractivity contribution in [3.05, 3.63) is 51.3 Å². The Morgan fingerprint density at radius 1 is 1.33 bits per heavy atom. The lowest BCUT2D eigenvalue weighted by atomic mass is 10.1. The predicted octanol–water partition coefficient (Wildman–Crippen LogP) is 1.97. The molecule has 30 heavy (non-hydrogen) atoms. The van der Waals surface area contributed by atoms with Gasteiger partial charge in [0.15, 0.2) is 0 Å². The first-order valence-electron chi connectivity index (χ1n) is 9.03. The molecule has 0 unspecified atom stereocenters. The van der Waals surface area contributed by atoms with Crippen LogP contribution in [0.15, 0.2) is 34.4 Å². The van der Waals surface area contributed by atoms with Gasteiger partial charge in [0.05, 0.1) is 29.1 Å². The van der Waals surface area contributed by atoms with E-state index in [2.05, 4.69) is 15.5 Å². The molecule has 1 aromatic heterocycles. The van der Waals surface area contributed by atoms with Crippen LogP contribution in [-0.2, 0) is 16.6 Å². The largest absolute Gasteiger partial charge is 0.505 e. The molecule has 11 nitrogen and oxygen atoms in total. The number of nitrogens with one attached hydrogen (secondary N) is 1. The van der Waals surface area contributed by atoms with E-state index in [1.165, 1.54) is 22.8 Å². The van der Waals surface area contributed by atoms with E-state index in [0.717, 1.165) is 12.1 Å². The fraction of sp³-hybridized carbons (Fsp3) is 0.333. The molecule has 0 bridgehead atoms. The molecule has 0 radical (unpaired) electrons. The fourth-order valence-corrected chi connectivity index (χ4v) is 4.34. The van der Waals surface area contributed by atoms with Gasteiger partial charge in [-0.05, 0) is 13.0 Å². The quantitative estimate of drug-likeness (QED) is 0.305. The lowest BCUT2D eigenvalue weighted by Gasteiger charge is -2.20. The third-order valence-corrected chi connectivity index (χ3v) is 6.50. The van der Waals surface area contributed by atoms with Crippen LogP contribution in [0.5, 0.6) is 5.75 Å². The predicted molar refractivity (Wildman–Crippen MR) is 111 cm³/mol. The van der Waals surface area contributed by atoms with Gasteiger partial charge in [-0.25, -0.2) is 8.42 Å². The summed E-state index contributed by atoms with van der Waals surface area (Å²) in [6.07, 6.45) is 2.60. The number of anilines is 1. The number of sulfonamides is 1. The molecule has 0 atom stereocenters. The Morgan fingerprint density at radius 2 is 2.00 bits per heavy atom. The molecule has 3 N–H and O–H groups in total. The molecule has 1 heterocycles. The number of nitrogens with zero attached hydrogens (tertiary/aromatic N) is 4. The highest BCUT2D eigenvalue weighted by Crippen LogP contribution is 2.29. The number of hydrogen-bond acceptors (Lipinski definition) is 9. The molecule has 0 spiro atoms. The smallest absolute Gasteiger partial charge is 0.270 e. The van der Waals surface area contributed by atoms with E-state index in [9.17, 15) is 28.7 Å². The van der Waals surface area contributed by atoms with Gasteiger partial charge < -0.3 is 10.2 Å². The summed E-state index contributed by atoms with van der Waals surface area (Å²) in [7, 11) is -4.02. The Morgan fingerprint density at radius 3 is 2.57 bits per heavy atom. The van der Waals surface area contributed by atoms with Crippen LogP contribution in [0.2, 0.25) is 0 Å². The van der Waals surface area contributed by atoms with Crippen molar-refractivity contribution in [2.75, 3.05) is 18.5 Å². The summed E-state index contributed by atoms with van der Waals surface area (Å²) in [5, 5.41) is 34.7. The van der Waals surface area contributed by atoms with Crippen molar-refractivity contribution in [2.24, 2.45) is 5.10 Å². The molecule has 0 aliphatic heterocycles. The second-order valence-corrected chi connectivity index (χ2v) is 8.09. The summed E-state index contributed by atoms with van der Waals surface area (Å²) in [5.74, 6) is -0.174. The Bertz CT molecular complexity index is 1070. The molecule has 162 valence electrons. The molecule has 0 saturated carbocycles. The minimum atomic E-state index is -4.02. The highest BCUT2D eigenvalue weighted by atomic mass is 32.2. The normalized spacial score (nSPS) is 11.9. The van der Waals surface area contributed by atoms with Crippen molar-refractivity contribution >= 4 is 27.6 Å². The van der Waals surface area contributed by atoms with Crippen molar-refractivity contribution in [3.8, 4) is 5.75 Å². The fourth-order valence-electron chi connectivity index (χ4n) is 2.72. The maximum atomic E-state index is 13.0. The number of aliphatic hydroxyl groups excluding tert-OH is 1. The standard InChI is InChI=1S/C18H23N5O6S/c1-4-22(5-2)30(28,29)17-8-14(23(26)27)6-7-16(17)21-20-10-15-13(11-24)9-19-12(3)18(15)25/h6-10,21,24-25H,4-5,11H2,1-3H3/b20-10+. The number of aromatic hydroxyl groups is 1. The molecule has 12 heteroatoms. The van der Waals surface area contributed by atoms with Gasteiger partial charge in [0.25, 0.3) is 5.69 Å². The molecular weight excluding hydrogens is 414 g/mol. The molecule has 0 aliphatic carbocycles. The average molecular weight is 437 g/mol. The highest BCUT2D eigenvalue weighted by Gasteiger charge is 2.27. The Labute approximate surface area is 173 Å². The molecule has 1 aromatic carbocycles. The van der Waals surface area contributed by atoms with Crippen LogP contribution in [0.1, 0.15) is 30.7 Å². The minimum absolute atomic E-state index is 0.0274. The van der Waals surface area contributed by atoms with Crippen LogP contribution < -0.4 is 5.43 Å². The monoisotopic (exact) mass is 437 g/mol. The number of aryl methyl sites for hydroxylation is 1. The summed E-state index contributed by atoms with van der Waals surface area (Å²) in [5.41, 5.74) is 3.08. The second-order valence-electron chi connectivity index (χ2n) is 6.19. The van der Waals surface area contributed by atoms with Crippen molar-refractivity contribution in [1.29, 1.82) is 0 Å². The lowest BCUT2D eigenvalue weighted by molar-refractivity contribution is -0.385. The van der Waals surface area contributed by atoms with Crippen LogP contribution in [-0.4, -0.2) is 52.1 Å². The molecule has 0 aliphatic rings. The number of nitro groups is 1. The first-order valence-corrected chi connectivity index (χ1v) is 10.5. The van der Waals surface area contributed by atoms with Gasteiger partial charge >= 0.3 is 0 Å². The van der Waals surface area contributed by atoms with E-state index in [-0.39, 0.29) is 47.3 Å². The molecule has 0 fully saturated rings. The van der Waals surface area contributed by atoms with Gasteiger partial charge in [0.2, 0.25) is 10.0 Å². The van der Waals surface area contributed by atoms with Crippen LogP contribution in [0.25, 0.3) is 0 Å². The van der Waals surface area contributed by atoms with Gasteiger partial charge in [-0.1, -0.05) is 13.8 Å². The third kappa shape index (κ3) is 4.72. The highest BCUT2D eigenvalue weighted by molar-refractivity contribution is 7.89. The van der Waals surface area contributed by atoms with Gasteiger partial charge in [-0.15, -0.1) is 0 Å². The number of hydrogen-bond donors (Lipinski definition) is 3. The van der Waals surface area contributed by atoms with E-state index in [0.29, 0.717) is 11.3 Å². The van der Waals surface area contributed by atoms with Gasteiger partial charge in [0, 0.05) is 42.5 Å². The van der Waals surface area contributed by atoms with E-state index in [4.69, 9.17) is 0 Å². The SMILES string of the molecule is CCN(CC)S(=O)(=O)c1cc([N+](=O)[O-])ccc1N/N=C/c1c(CO)cnc(C)c1O. The summed E-state index contributed by atoms with van der Waals surface area (Å²) >= 11 is 0. The zero-order valence-corrected chi connectivity index (χ0v) is 17.5. The number of non-ortho nitro benzene ring substituents is 1. The number of nitro benzene ring substituents is 1. The summed E-state index contributed by atoms with van der Waals surface area (Å²) in [6.45, 7) is 4.89. The van der Waals surface area contributed by atoms with Crippen LogP contribution in [0.3, 0.4) is 0 Å². The van der Waals surface area contributed by atoms with E-state index < -0.39 is 14.9 Å². The second kappa shape index (κ2) is 9.61. The molecule has 2 aromatic rings. The van der Waals surface area contributed by atoms with E-state index in [1.54, 1.807) is 20.8 Å². The maximum absolute atomic E-state index is 13.0. The summed E-state index contributed by atoms with van der Waals surface area (Å²) < 4.78 is 27.1. The topological polar surface area (TPSA) is 158 Å². The zero-order chi connectivity index (χ0) is 22.5. The number of benzene rings is 1. The molecule has 0 amide bonds. The number of aliphatic hydroxyl groups is 1. The molecular formula is C18H23N5O6S. The lowest BCUT2D eigenvalue weighted by Crippen LogP contribution is -2.31. The summed E-state index contributed by atoms with van der Waals surface area (Å²) in [4.78, 5) is 14.1. The Hall–Kier alpha value is -3.09. The van der Waals surface area contributed by atoms with Crippen LogP contribution in [0, 0.1) is 17.0 Å². The average Bonchev–Trinajstić information content (AvgIpc) is 2.71. The third-order valence-electron chi connectivity index (χ3n) is 4.41. The first-order chi connectivity index (χ1) is 14.2. The maximum Gasteiger partial charge on any atom is 0.270 e. The Kier molecular flexibility index (Phi) is 7.43.